The summed E-state index contributed by atoms with van der Waals surface area (Å²) in [5.74, 6) is -3.34. The average molecular weight is 250 g/mol. The molecule has 0 radical (unpaired) electrons. The van der Waals surface area contributed by atoms with Crippen LogP contribution < -0.4 is 0 Å². The zero-order chi connectivity index (χ0) is 13.4. The first-order chi connectivity index (χ1) is 7.58. The van der Waals surface area contributed by atoms with Gasteiger partial charge in [-0.05, 0) is 27.2 Å². The van der Waals surface area contributed by atoms with Crippen molar-refractivity contribution in [3.05, 3.63) is 0 Å². The summed E-state index contributed by atoms with van der Waals surface area (Å²) in [7, 11) is 0. The lowest BCUT2D eigenvalue weighted by Gasteiger charge is -2.21. The molecule has 0 saturated heterocycles. The highest BCUT2D eigenvalue weighted by Gasteiger charge is 2.65. The van der Waals surface area contributed by atoms with Crippen LogP contribution in [0.4, 0.5) is 8.78 Å². The van der Waals surface area contributed by atoms with Gasteiger partial charge in [-0.1, -0.05) is 0 Å². The molecule has 0 aromatic rings. The number of halogens is 2. The van der Waals surface area contributed by atoms with Gasteiger partial charge in [0.05, 0.1) is 11.8 Å². The molecule has 17 heavy (non-hydrogen) atoms. The number of hydrogen-bond acceptors (Lipinski definition) is 3. The topological polar surface area (TPSA) is 63.6 Å². The molecule has 98 valence electrons. The Hall–Kier alpha value is -1.20. The molecule has 0 bridgehead atoms. The van der Waals surface area contributed by atoms with Crippen LogP contribution in [0.3, 0.4) is 0 Å². The van der Waals surface area contributed by atoms with E-state index in [0.717, 1.165) is 0 Å². The van der Waals surface area contributed by atoms with Crippen molar-refractivity contribution in [2.75, 3.05) is 0 Å². The maximum Gasteiger partial charge on any atom is 0.310 e. The fraction of sp³-hybridized carbons (Fsp3) is 0.818. The molecule has 0 spiro atoms. The Morgan fingerprint density at radius 3 is 2.29 bits per heavy atom. The Morgan fingerprint density at radius 1 is 1.47 bits per heavy atom. The highest BCUT2D eigenvalue weighted by atomic mass is 19.3. The van der Waals surface area contributed by atoms with Crippen molar-refractivity contribution in [1.29, 1.82) is 0 Å². The van der Waals surface area contributed by atoms with Gasteiger partial charge in [0.2, 0.25) is 6.43 Å². The van der Waals surface area contributed by atoms with Crippen molar-refractivity contribution in [1.82, 2.24) is 0 Å². The van der Waals surface area contributed by atoms with Gasteiger partial charge in [0.1, 0.15) is 5.60 Å². The zero-order valence-electron chi connectivity index (χ0n) is 10.00. The minimum absolute atomic E-state index is 0.167. The van der Waals surface area contributed by atoms with Gasteiger partial charge in [-0.15, -0.1) is 0 Å². The van der Waals surface area contributed by atoms with Crippen LogP contribution in [0.15, 0.2) is 0 Å². The molecule has 1 saturated carbocycles. The third-order valence-corrected chi connectivity index (χ3v) is 2.74. The molecule has 0 amide bonds. The number of carboxylic acids is 1. The molecule has 0 aromatic carbocycles. The Balaban J connectivity index is 2.66. The predicted octanol–water partition coefficient (Wildman–Crippen LogP) is 2.07. The van der Waals surface area contributed by atoms with Crippen LogP contribution in [0.25, 0.3) is 0 Å². The number of carbonyl (C=O) groups is 2. The summed E-state index contributed by atoms with van der Waals surface area (Å²) in [5, 5.41) is 8.93. The zero-order valence-corrected chi connectivity index (χ0v) is 10.00. The molecule has 1 rings (SSSR count). The lowest BCUT2D eigenvalue weighted by atomic mass is 9.99. The van der Waals surface area contributed by atoms with Gasteiger partial charge in [0.25, 0.3) is 0 Å². The van der Waals surface area contributed by atoms with Crippen molar-refractivity contribution < 1.29 is 28.2 Å². The molecular formula is C11H16F2O4. The number of esters is 1. The summed E-state index contributed by atoms with van der Waals surface area (Å²) < 4.78 is 29.8. The van der Waals surface area contributed by atoms with Gasteiger partial charge in [0, 0.05) is 5.92 Å². The maximum atomic E-state index is 12.4. The lowest BCUT2D eigenvalue weighted by Crippen LogP contribution is -2.29. The van der Waals surface area contributed by atoms with E-state index in [1.165, 1.54) is 0 Å². The highest BCUT2D eigenvalue weighted by Crippen LogP contribution is 2.58. The molecule has 0 unspecified atom stereocenters. The van der Waals surface area contributed by atoms with Crippen LogP contribution in [0.5, 0.6) is 0 Å². The Morgan fingerprint density at radius 2 is 2.00 bits per heavy atom. The summed E-state index contributed by atoms with van der Waals surface area (Å²) in [5.41, 5.74) is -2.37. The normalized spacial score (nSPS) is 28.0. The second-order valence-electron chi connectivity index (χ2n) is 5.37. The van der Waals surface area contributed by atoms with E-state index in [0.29, 0.717) is 0 Å². The fourth-order valence-corrected chi connectivity index (χ4v) is 1.82. The molecule has 0 heterocycles. The number of carbonyl (C=O) groups excluding carboxylic acids is 1. The molecule has 1 fully saturated rings. The second kappa shape index (κ2) is 4.23. The van der Waals surface area contributed by atoms with E-state index < -0.39 is 41.7 Å². The summed E-state index contributed by atoms with van der Waals surface area (Å²) in [4.78, 5) is 22.4. The molecule has 2 atom stereocenters. The number of rotatable bonds is 4. The molecule has 6 heteroatoms. The molecule has 4 nitrogen and oxygen atoms in total. The summed E-state index contributed by atoms with van der Waals surface area (Å²) in [6, 6.07) is 0. The van der Waals surface area contributed by atoms with E-state index in [1.807, 2.05) is 0 Å². The molecule has 1 N–H and O–H groups in total. The Kier molecular flexibility index (Phi) is 3.45. The van der Waals surface area contributed by atoms with Crippen LogP contribution in [0.2, 0.25) is 0 Å². The summed E-state index contributed by atoms with van der Waals surface area (Å²) in [6.45, 7) is 4.90. The van der Waals surface area contributed by atoms with Gasteiger partial charge >= 0.3 is 11.9 Å². The van der Waals surface area contributed by atoms with Crippen molar-refractivity contribution in [3.8, 4) is 0 Å². The number of hydrogen-bond donors (Lipinski definition) is 1. The van der Waals surface area contributed by atoms with Crippen LogP contribution in [-0.4, -0.2) is 29.1 Å². The van der Waals surface area contributed by atoms with E-state index in [1.54, 1.807) is 20.8 Å². The van der Waals surface area contributed by atoms with Crippen molar-refractivity contribution >= 4 is 11.9 Å². The predicted molar refractivity (Wildman–Crippen MR) is 54.6 cm³/mol. The quantitative estimate of drug-likeness (QED) is 0.776. The van der Waals surface area contributed by atoms with Gasteiger partial charge in [-0.3, -0.25) is 9.59 Å². The van der Waals surface area contributed by atoms with E-state index in [2.05, 4.69) is 0 Å². The number of carboxylic acid groups (broad SMARTS) is 1. The van der Waals surface area contributed by atoms with Gasteiger partial charge < -0.3 is 9.84 Å². The minimum atomic E-state index is -2.71. The average Bonchev–Trinajstić information content (AvgIpc) is 2.76. The van der Waals surface area contributed by atoms with E-state index in [4.69, 9.17) is 9.84 Å². The maximum absolute atomic E-state index is 12.4. The molecule has 1 aliphatic carbocycles. The monoisotopic (exact) mass is 250 g/mol. The number of aliphatic carboxylic acids is 1. The third kappa shape index (κ3) is 3.14. The molecule has 0 aromatic heterocycles. The first-order valence-corrected chi connectivity index (χ1v) is 5.32. The highest BCUT2D eigenvalue weighted by molar-refractivity contribution is 5.85. The van der Waals surface area contributed by atoms with Crippen LogP contribution >= 0.6 is 0 Å². The first-order valence-electron chi connectivity index (χ1n) is 5.32. The van der Waals surface area contributed by atoms with Crippen molar-refractivity contribution in [3.63, 3.8) is 0 Å². The third-order valence-electron chi connectivity index (χ3n) is 2.74. The van der Waals surface area contributed by atoms with E-state index in [9.17, 15) is 18.4 Å². The van der Waals surface area contributed by atoms with Crippen LogP contribution in [-0.2, 0) is 14.3 Å². The van der Waals surface area contributed by atoms with Crippen molar-refractivity contribution in [2.45, 2.75) is 45.6 Å². The van der Waals surface area contributed by atoms with Crippen molar-refractivity contribution in [2.24, 2.45) is 11.3 Å². The lowest BCUT2D eigenvalue weighted by molar-refractivity contribution is -0.161. The number of alkyl halides is 2. The SMILES string of the molecule is CC(C)(C)OC(=O)C[C@]1(C(=O)O)C[C@H]1C(F)F. The standard InChI is InChI=1S/C11H16F2O4/c1-10(2,3)17-7(14)5-11(9(15)16)4-6(11)8(12)13/h6,8H,4-5H2,1-3H3,(H,15,16)/t6-,11+/m0/s1. The van der Waals surface area contributed by atoms with E-state index in [-0.39, 0.29) is 6.42 Å². The molecular weight excluding hydrogens is 234 g/mol. The largest absolute Gasteiger partial charge is 0.481 e. The van der Waals surface area contributed by atoms with Crippen LogP contribution in [0.1, 0.15) is 33.6 Å². The minimum Gasteiger partial charge on any atom is -0.481 e. The number of ether oxygens (including phenoxy) is 1. The van der Waals surface area contributed by atoms with Gasteiger partial charge in [0.15, 0.2) is 0 Å². The smallest absolute Gasteiger partial charge is 0.310 e. The second-order valence-corrected chi connectivity index (χ2v) is 5.37. The fourth-order valence-electron chi connectivity index (χ4n) is 1.82. The molecule has 1 aliphatic rings. The Labute approximate surface area is 97.9 Å². The Bertz CT molecular complexity index is 335. The van der Waals surface area contributed by atoms with Gasteiger partial charge in [-0.2, -0.15) is 0 Å². The van der Waals surface area contributed by atoms with E-state index >= 15 is 0 Å². The molecule has 0 aliphatic heterocycles. The first kappa shape index (κ1) is 13.9. The van der Waals surface area contributed by atoms with Gasteiger partial charge in [-0.25, -0.2) is 8.78 Å². The summed E-state index contributed by atoms with van der Waals surface area (Å²) >= 11 is 0. The van der Waals surface area contributed by atoms with Crippen LogP contribution in [0, 0.1) is 11.3 Å². The summed E-state index contributed by atoms with van der Waals surface area (Å²) in [6.07, 6.45) is -3.37.